The van der Waals surface area contributed by atoms with E-state index in [-0.39, 0.29) is 22.8 Å². The number of nitrogens with one attached hydrogen (secondary N) is 2. The van der Waals surface area contributed by atoms with Crippen LogP contribution in [0.3, 0.4) is 0 Å². The summed E-state index contributed by atoms with van der Waals surface area (Å²) in [7, 11) is 0. The van der Waals surface area contributed by atoms with Crippen LogP contribution in [-0.4, -0.2) is 10.9 Å². The van der Waals surface area contributed by atoms with Crippen molar-refractivity contribution in [2.24, 2.45) is 5.92 Å². The number of aromatic amines is 1. The highest BCUT2D eigenvalue weighted by Gasteiger charge is 2.23. The molecule has 1 fully saturated rings. The minimum Gasteiger partial charge on any atom is -0.326 e. The van der Waals surface area contributed by atoms with Gasteiger partial charge in [0.15, 0.2) is 0 Å². The summed E-state index contributed by atoms with van der Waals surface area (Å²) in [5.41, 5.74) is 2.32. The molecule has 0 spiro atoms. The van der Waals surface area contributed by atoms with E-state index in [1.54, 1.807) is 6.07 Å². The number of fused-ring (bicyclic) bond motifs is 1. The van der Waals surface area contributed by atoms with Crippen molar-refractivity contribution < 1.29 is 4.79 Å². The van der Waals surface area contributed by atoms with Crippen LogP contribution in [0.2, 0.25) is 0 Å². The van der Waals surface area contributed by atoms with Crippen LogP contribution in [0, 0.1) is 5.92 Å². The fourth-order valence-electron chi connectivity index (χ4n) is 3.39. The molecule has 1 heterocycles. The van der Waals surface area contributed by atoms with Gasteiger partial charge in [-0.3, -0.25) is 9.59 Å². The molecule has 0 radical (unpaired) electrons. The van der Waals surface area contributed by atoms with Crippen LogP contribution in [0.5, 0.6) is 0 Å². The minimum absolute atomic E-state index is 0.0937. The zero-order chi connectivity index (χ0) is 16.6. The minimum atomic E-state index is -0.110. The number of aromatic nitrogens is 1. The van der Waals surface area contributed by atoms with Gasteiger partial charge in [-0.1, -0.05) is 39.7 Å². The topological polar surface area (TPSA) is 62.0 Å². The van der Waals surface area contributed by atoms with E-state index < -0.39 is 0 Å². The number of carbonyl (C=O) groups excluding carboxylic acids is 1. The quantitative estimate of drug-likeness (QED) is 0.882. The summed E-state index contributed by atoms with van der Waals surface area (Å²) in [6.07, 6.45) is 4.23. The average Bonchev–Trinajstić information content (AvgIpc) is 2.99. The number of pyridine rings is 1. The highest BCUT2D eigenvalue weighted by atomic mass is 16.2. The summed E-state index contributed by atoms with van der Waals surface area (Å²) in [6.45, 7) is 6.28. The predicted octanol–water partition coefficient (Wildman–Crippen LogP) is 3.95. The molecule has 1 aliphatic rings. The van der Waals surface area contributed by atoms with Gasteiger partial charge in [0.25, 0.3) is 0 Å². The van der Waals surface area contributed by atoms with Crippen molar-refractivity contribution in [2.75, 3.05) is 5.32 Å². The van der Waals surface area contributed by atoms with Crippen molar-refractivity contribution in [3.8, 4) is 0 Å². The monoisotopic (exact) mass is 312 g/mol. The summed E-state index contributed by atoms with van der Waals surface area (Å²) in [4.78, 5) is 27.1. The van der Waals surface area contributed by atoms with Crippen molar-refractivity contribution in [2.45, 2.75) is 51.9 Å². The standard InChI is InChI=1S/C19H24N2O2/c1-19(2,3)15-11-17(22)21-16-10-13(8-9-14(15)16)20-18(23)12-6-4-5-7-12/h8-12H,4-7H2,1-3H3,(H,20,23)(H,21,22). The second-order valence-corrected chi connectivity index (χ2v) is 7.53. The molecule has 1 aromatic heterocycles. The molecule has 2 aromatic rings. The van der Waals surface area contributed by atoms with Crippen LogP contribution in [0.25, 0.3) is 10.9 Å². The SMILES string of the molecule is CC(C)(C)c1cc(=O)[nH]c2cc(NC(=O)C3CCCC3)ccc12. The lowest BCUT2D eigenvalue weighted by Crippen LogP contribution is -2.20. The summed E-state index contributed by atoms with van der Waals surface area (Å²) in [5.74, 6) is 0.224. The number of H-pyrrole nitrogens is 1. The lowest BCUT2D eigenvalue weighted by atomic mass is 9.85. The van der Waals surface area contributed by atoms with Crippen LogP contribution in [0.1, 0.15) is 52.0 Å². The molecular weight excluding hydrogens is 288 g/mol. The van der Waals surface area contributed by atoms with Gasteiger partial charge in [0, 0.05) is 23.1 Å². The molecule has 4 nitrogen and oxygen atoms in total. The van der Waals surface area contributed by atoms with Gasteiger partial charge < -0.3 is 10.3 Å². The van der Waals surface area contributed by atoms with Crippen molar-refractivity contribution in [3.63, 3.8) is 0 Å². The molecule has 1 aliphatic carbocycles. The molecule has 0 unspecified atom stereocenters. The Bertz CT molecular complexity index is 793. The highest BCUT2D eigenvalue weighted by Crippen LogP contribution is 2.30. The maximum absolute atomic E-state index is 12.3. The number of hydrogen-bond donors (Lipinski definition) is 2. The summed E-state index contributed by atoms with van der Waals surface area (Å²) < 4.78 is 0. The van der Waals surface area contributed by atoms with E-state index in [1.165, 1.54) is 0 Å². The van der Waals surface area contributed by atoms with Gasteiger partial charge in [0.1, 0.15) is 0 Å². The van der Waals surface area contributed by atoms with Gasteiger partial charge in [-0.05, 0) is 36.0 Å². The first-order chi connectivity index (χ1) is 10.8. The van der Waals surface area contributed by atoms with E-state index in [4.69, 9.17) is 0 Å². The van der Waals surface area contributed by atoms with Gasteiger partial charge in [0.2, 0.25) is 11.5 Å². The Hall–Kier alpha value is -2.10. The van der Waals surface area contributed by atoms with E-state index in [2.05, 4.69) is 31.1 Å². The molecule has 2 N–H and O–H groups in total. The Balaban J connectivity index is 1.96. The largest absolute Gasteiger partial charge is 0.326 e. The first-order valence-electron chi connectivity index (χ1n) is 8.33. The zero-order valence-corrected chi connectivity index (χ0v) is 14.0. The molecule has 1 aromatic carbocycles. The molecule has 0 saturated heterocycles. The summed E-state index contributed by atoms with van der Waals surface area (Å²) >= 11 is 0. The maximum atomic E-state index is 12.3. The fourth-order valence-corrected chi connectivity index (χ4v) is 3.39. The van der Waals surface area contributed by atoms with Crippen LogP contribution < -0.4 is 10.9 Å². The number of benzene rings is 1. The molecule has 4 heteroatoms. The normalized spacial score (nSPS) is 16.0. The number of rotatable bonds is 2. The Morgan fingerprint density at radius 2 is 1.87 bits per heavy atom. The van der Waals surface area contributed by atoms with E-state index in [0.29, 0.717) is 0 Å². The Labute approximate surface area is 136 Å². The summed E-state index contributed by atoms with van der Waals surface area (Å²) in [6, 6.07) is 7.43. The van der Waals surface area contributed by atoms with Crippen molar-refractivity contribution in [3.05, 3.63) is 40.2 Å². The first-order valence-corrected chi connectivity index (χ1v) is 8.33. The second-order valence-electron chi connectivity index (χ2n) is 7.53. The van der Waals surface area contributed by atoms with Gasteiger partial charge in [0.05, 0.1) is 5.52 Å². The number of hydrogen-bond acceptors (Lipinski definition) is 2. The van der Waals surface area contributed by atoms with Crippen molar-refractivity contribution >= 4 is 22.5 Å². The molecule has 1 amide bonds. The molecule has 0 aliphatic heterocycles. The first kappa shape index (κ1) is 15.8. The average molecular weight is 312 g/mol. The molecule has 0 atom stereocenters. The molecular formula is C19H24N2O2. The van der Waals surface area contributed by atoms with E-state index >= 15 is 0 Å². The van der Waals surface area contributed by atoms with Crippen LogP contribution in [0.4, 0.5) is 5.69 Å². The number of amides is 1. The third kappa shape index (κ3) is 3.31. The van der Waals surface area contributed by atoms with E-state index in [1.807, 2.05) is 18.2 Å². The second kappa shape index (κ2) is 5.84. The highest BCUT2D eigenvalue weighted by molar-refractivity contribution is 5.95. The molecule has 122 valence electrons. The fraction of sp³-hybridized carbons (Fsp3) is 0.474. The van der Waals surface area contributed by atoms with Crippen molar-refractivity contribution in [1.29, 1.82) is 0 Å². The van der Waals surface area contributed by atoms with Gasteiger partial charge in [-0.25, -0.2) is 0 Å². The predicted molar refractivity (Wildman–Crippen MR) is 93.9 cm³/mol. The Morgan fingerprint density at radius 3 is 2.52 bits per heavy atom. The van der Waals surface area contributed by atoms with Crippen LogP contribution in [-0.2, 0) is 10.2 Å². The van der Waals surface area contributed by atoms with Gasteiger partial charge in [-0.2, -0.15) is 0 Å². The Morgan fingerprint density at radius 1 is 1.17 bits per heavy atom. The van der Waals surface area contributed by atoms with Gasteiger partial charge in [-0.15, -0.1) is 0 Å². The smallest absolute Gasteiger partial charge is 0.248 e. The van der Waals surface area contributed by atoms with Crippen molar-refractivity contribution in [1.82, 2.24) is 4.98 Å². The third-order valence-electron chi connectivity index (χ3n) is 4.64. The lowest BCUT2D eigenvalue weighted by Gasteiger charge is -2.21. The zero-order valence-electron chi connectivity index (χ0n) is 14.0. The van der Waals surface area contributed by atoms with E-state index in [9.17, 15) is 9.59 Å². The lowest BCUT2D eigenvalue weighted by molar-refractivity contribution is -0.119. The summed E-state index contributed by atoms with van der Waals surface area (Å²) in [5, 5.41) is 4.02. The molecule has 3 rings (SSSR count). The van der Waals surface area contributed by atoms with Crippen LogP contribution >= 0.6 is 0 Å². The third-order valence-corrected chi connectivity index (χ3v) is 4.64. The maximum Gasteiger partial charge on any atom is 0.248 e. The van der Waals surface area contributed by atoms with Gasteiger partial charge >= 0.3 is 0 Å². The van der Waals surface area contributed by atoms with E-state index in [0.717, 1.165) is 47.8 Å². The number of anilines is 1. The number of carbonyl (C=O) groups is 1. The van der Waals surface area contributed by atoms with Crippen LogP contribution in [0.15, 0.2) is 29.1 Å². The molecule has 23 heavy (non-hydrogen) atoms. The Kier molecular flexibility index (Phi) is 4.00. The molecule has 1 saturated carbocycles. The molecule has 0 bridgehead atoms.